The van der Waals surface area contributed by atoms with Crippen LogP contribution in [0.3, 0.4) is 0 Å². The zero-order valence-electron chi connectivity index (χ0n) is 20.5. The molecule has 0 saturated carbocycles. The minimum atomic E-state index is -1.51. The van der Waals surface area contributed by atoms with E-state index in [0.717, 1.165) is 22.1 Å². The third kappa shape index (κ3) is 6.14. The Balaban J connectivity index is 1.62. The summed E-state index contributed by atoms with van der Waals surface area (Å²) < 4.78 is 17.6. The van der Waals surface area contributed by atoms with Gasteiger partial charge in [0.05, 0.1) is 17.1 Å². The van der Waals surface area contributed by atoms with E-state index in [-0.39, 0.29) is 12.6 Å². The minimum Gasteiger partial charge on any atom is -0.466 e. The van der Waals surface area contributed by atoms with E-state index < -0.39 is 36.6 Å². The van der Waals surface area contributed by atoms with Crippen molar-refractivity contribution < 1.29 is 39.1 Å². The lowest BCUT2D eigenvalue weighted by Gasteiger charge is -2.41. The number of fused-ring (bicyclic) bond motifs is 1. The van der Waals surface area contributed by atoms with Gasteiger partial charge in [-0.15, -0.1) is 0 Å². The molecule has 0 amide bonds. The van der Waals surface area contributed by atoms with Gasteiger partial charge in [0.1, 0.15) is 31.0 Å². The molecule has 0 spiro atoms. The van der Waals surface area contributed by atoms with Gasteiger partial charge in [0, 0.05) is 31.9 Å². The number of esters is 2. The number of hydrogen-bond acceptors (Lipinski definition) is 8. The molecule has 2 aromatic carbocycles. The number of aliphatic hydroxyl groups is 3. The number of benzene rings is 2. The molecule has 3 N–H and O–H groups in total. The number of ether oxygens (including phenoxy) is 3. The molecule has 2 heterocycles. The Morgan fingerprint density at radius 3 is 2.30 bits per heavy atom. The van der Waals surface area contributed by atoms with E-state index in [1.165, 1.54) is 13.8 Å². The van der Waals surface area contributed by atoms with Gasteiger partial charge in [-0.1, -0.05) is 41.9 Å². The van der Waals surface area contributed by atoms with Crippen LogP contribution in [0.5, 0.6) is 0 Å². The van der Waals surface area contributed by atoms with Crippen molar-refractivity contribution in [2.45, 2.75) is 57.3 Å². The molecule has 198 valence electrons. The number of carbonyl (C=O) groups excluding carboxylic acids is 2. The van der Waals surface area contributed by atoms with E-state index >= 15 is 0 Å². The topological polar surface area (TPSA) is 127 Å². The first-order valence-corrected chi connectivity index (χ1v) is 12.4. The molecule has 0 bridgehead atoms. The van der Waals surface area contributed by atoms with Gasteiger partial charge in [-0.25, -0.2) is 0 Å². The largest absolute Gasteiger partial charge is 0.466 e. The fraction of sp³-hybridized carbons (Fsp3) is 0.407. The summed E-state index contributed by atoms with van der Waals surface area (Å²) in [5.74, 6) is -0.859. The van der Waals surface area contributed by atoms with Gasteiger partial charge in [0.2, 0.25) is 0 Å². The van der Waals surface area contributed by atoms with Crippen molar-refractivity contribution in [2.75, 3.05) is 13.2 Å². The molecule has 1 aromatic heterocycles. The van der Waals surface area contributed by atoms with E-state index in [0.29, 0.717) is 30.0 Å². The Kier molecular flexibility index (Phi) is 8.51. The summed E-state index contributed by atoms with van der Waals surface area (Å²) in [5.41, 5.74) is 3.61. The normalized spacial score (nSPS) is 23.7. The fourth-order valence-corrected chi connectivity index (χ4v) is 4.84. The SMILES string of the molecule is CC(=O)OCCc1ccc(Cc2cn([C@@H]3O[C@H](COC(C)=O)[C@@H](O)[C@H](O)[C@H]3O)c3cccc(Cl)c23)cc1. The molecule has 0 radical (unpaired) electrons. The monoisotopic (exact) mass is 531 g/mol. The number of aromatic nitrogens is 1. The maximum Gasteiger partial charge on any atom is 0.302 e. The van der Waals surface area contributed by atoms with Gasteiger partial charge in [-0.2, -0.15) is 0 Å². The van der Waals surface area contributed by atoms with Gasteiger partial charge in [0.25, 0.3) is 0 Å². The van der Waals surface area contributed by atoms with E-state index in [9.17, 15) is 24.9 Å². The van der Waals surface area contributed by atoms with Gasteiger partial charge in [0.15, 0.2) is 6.23 Å². The van der Waals surface area contributed by atoms with Crippen molar-refractivity contribution >= 4 is 34.4 Å². The zero-order chi connectivity index (χ0) is 26.7. The van der Waals surface area contributed by atoms with E-state index in [4.69, 9.17) is 25.8 Å². The lowest BCUT2D eigenvalue weighted by molar-refractivity contribution is -0.252. The van der Waals surface area contributed by atoms with Crippen molar-refractivity contribution in [1.82, 2.24) is 4.57 Å². The van der Waals surface area contributed by atoms with Crippen LogP contribution in [0.1, 0.15) is 36.8 Å². The first-order chi connectivity index (χ1) is 17.7. The molecule has 9 nitrogen and oxygen atoms in total. The lowest BCUT2D eigenvalue weighted by Crippen LogP contribution is -2.56. The summed E-state index contributed by atoms with van der Waals surface area (Å²) in [7, 11) is 0. The summed E-state index contributed by atoms with van der Waals surface area (Å²) in [6.07, 6.45) is -3.53. The van der Waals surface area contributed by atoms with Crippen molar-refractivity contribution in [3.05, 3.63) is 70.4 Å². The third-order valence-corrected chi connectivity index (χ3v) is 6.73. The number of halogens is 1. The van der Waals surface area contributed by atoms with E-state index in [1.54, 1.807) is 16.7 Å². The van der Waals surface area contributed by atoms with Gasteiger partial charge < -0.3 is 34.1 Å². The highest BCUT2D eigenvalue weighted by molar-refractivity contribution is 6.35. The van der Waals surface area contributed by atoms with Crippen molar-refractivity contribution in [3.63, 3.8) is 0 Å². The van der Waals surface area contributed by atoms with Crippen LogP contribution in [0.25, 0.3) is 10.9 Å². The van der Waals surface area contributed by atoms with E-state index in [2.05, 4.69) is 0 Å². The molecule has 1 aliphatic heterocycles. The number of aliphatic hydroxyl groups excluding tert-OH is 3. The summed E-state index contributed by atoms with van der Waals surface area (Å²) in [5, 5.41) is 33.0. The number of hydrogen-bond donors (Lipinski definition) is 3. The van der Waals surface area contributed by atoms with Crippen molar-refractivity contribution in [3.8, 4) is 0 Å². The highest BCUT2D eigenvalue weighted by Crippen LogP contribution is 2.36. The summed E-state index contributed by atoms with van der Waals surface area (Å²) in [6, 6.07) is 13.3. The predicted molar refractivity (Wildman–Crippen MR) is 135 cm³/mol. The van der Waals surface area contributed by atoms with Crippen LogP contribution in [0.4, 0.5) is 0 Å². The molecular formula is C27H30ClNO8. The maximum atomic E-state index is 11.3. The molecule has 1 aliphatic rings. The van der Waals surface area contributed by atoms with Crippen LogP contribution < -0.4 is 0 Å². The average Bonchev–Trinajstić information content (AvgIpc) is 3.22. The second-order valence-corrected chi connectivity index (χ2v) is 9.53. The number of rotatable bonds is 8. The number of carbonyl (C=O) groups is 2. The summed E-state index contributed by atoms with van der Waals surface area (Å²) in [6.45, 7) is 2.66. The van der Waals surface area contributed by atoms with Crippen LogP contribution in [0.2, 0.25) is 5.02 Å². The highest BCUT2D eigenvalue weighted by Gasteiger charge is 2.45. The Labute approximate surface area is 219 Å². The molecule has 5 atom stereocenters. The molecule has 1 saturated heterocycles. The second-order valence-electron chi connectivity index (χ2n) is 9.12. The summed E-state index contributed by atoms with van der Waals surface area (Å²) in [4.78, 5) is 22.2. The molecular weight excluding hydrogens is 502 g/mol. The van der Waals surface area contributed by atoms with E-state index in [1.807, 2.05) is 36.5 Å². The lowest BCUT2D eigenvalue weighted by atomic mass is 9.98. The molecule has 4 rings (SSSR count). The average molecular weight is 532 g/mol. The first-order valence-electron chi connectivity index (χ1n) is 12.0. The highest BCUT2D eigenvalue weighted by atomic mass is 35.5. The van der Waals surface area contributed by atoms with Crippen LogP contribution in [0.15, 0.2) is 48.7 Å². The van der Waals surface area contributed by atoms with Gasteiger partial charge in [-0.05, 0) is 35.2 Å². The molecule has 10 heteroatoms. The number of nitrogens with zero attached hydrogens (tertiary/aromatic N) is 1. The molecule has 0 aliphatic carbocycles. The van der Waals surface area contributed by atoms with Crippen LogP contribution in [0, 0.1) is 0 Å². The Morgan fingerprint density at radius 1 is 0.946 bits per heavy atom. The molecule has 3 aromatic rings. The molecule has 37 heavy (non-hydrogen) atoms. The predicted octanol–water partition coefficient (Wildman–Crippen LogP) is 2.53. The standard InChI is InChI=1S/C27H30ClNO8/c1-15(30)35-11-10-17-6-8-18(9-7-17)12-19-13-29(21-5-3-4-20(28)23(19)21)27-26(34)25(33)24(32)22(37-27)14-36-16(2)31/h3-9,13,22,24-27,32-34H,10-12,14H2,1-2H3/t22-,24-,25+,26-,27-/m1/s1. The van der Waals surface area contributed by atoms with Crippen molar-refractivity contribution in [2.24, 2.45) is 0 Å². The Morgan fingerprint density at radius 2 is 1.62 bits per heavy atom. The fourth-order valence-electron chi connectivity index (χ4n) is 4.55. The molecule has 1 fully saturated rings. The first kappa shape index (κ1) is 27.1. The zero-order valence-corrected chi connectivity index (χ0v) is 21.3. The smallest absolute Gasteiger partial charge is 0.302 e. The van der Waals surface area contributed by atoms with Gasteiger partial charge in [-0.3, -0.25) is 9.59 Å². The minimum absolute atomic E-state index is 0.270. The quantitative estimate of drug-likeness (QED) is 0.378. The summed E-state index contributed by atoms with van der Waals surface area (Å²) >= 11 is 6.59. The second kappa shape index (κ2) is 11.6. The van der Waals surface area contributed by atoms with Gasteiger partial charge >= 0.3 is 11.9 Å². The third-order valence-electron chi connectivity index (χ3n) is 6.41. The molecule has 0 unspecified atom stereocenters. The van der Waals surface area contributed by atoms with Crippen molar-refractivity contribution in [1.29, 1.82) is 0 Å². The van der Waals surface area contributed by atoms with Crippen LogP contribution in [-0.2, 0) is 36.6 Å². The Hall–Kier alpha value is -2.95. The Bertz CT molecular complexity index is 1260. The van der Waals surface area contributed by atoms with Crippen LogP contribution >= 0.6 is 11.6 Å². The van der Waals surface area contributed by atoms with Crippen LogP contribution in [-0.4, -0.2) is 69.5 Å². The maximum absolute atomic E-state index is 11.3.